The van der Waals surface area contributed by atoms with Gasteiger partial charge in [-0.3, -0.25) is 4.79 Å². The summed E-state index contributed by atoms with van der Waals surface area (Å²) in [6, 6.07) is 2.26. The molecule has 0 radical (unpaired) electrons. The molecule has 0 unspecified atom stereocenters. The fourth-order valence-electron chi connectivity index (χ4n) is 3.82. The van der Waals surface area contributed by atoms with E-state index in [-0.39, 0.29) is 47.3 Å². The number of morpholine rings is 1. The van der Waals surface area contributed by atoms with Gasteiger partial charge in [-0.25, -0.2) is 9.18 Å². The van der Waals surface area contributed by atoms with Gasteiger partial charge in [0, 0.05) is 37.2 Å². The minimum atomic E-state index is -4.57. The molecule has 164 valence electrons. The number of fused-ring (bicyclic) bond motifs is 1. The molecule has 1 aromatic rings. The summed E-state index contributed by atoms with van der Waals surface area (Å²) in [5.41, 5.74) is -0.787. The summed E-state index contributed by atoms with van der Waals surface area (Å²) in [4.78, 5) is 27.5. The van der Waals surface area contributed by atoms with Gasteiger partial charge in [-0.1, -0.05) is 6.07 Å². The fraction of sp³-hybridized carbons (Fsp3) is 0.579. The van der Waals surface area contributed by atoms with Crippen molar-refractivity contribution in [3.05, 3.63) is 35.1 Å². The highest BCUT2D eigenvalue weighted by molar-refractivity contribution is 7.99. The molecule has 2 atom stereocenters. The second-order valence-corrected chi connectivity index (χ2v) is 8.97. The normalized spacial score (nSPS) is 24.9. The van der Waals surface area contributed by atoms with E-state index in [1.54, 1.807) is 9.80 Å². The van der Waals surface area contributed by atoms with Crippen LogP contribution in [0.1, 0.15) is 17.5 Å². The number of nitrogens with one attached hydrogen (secondary N) is 1. The van der Waals surface area contributed by atoms with Crippen LogP contribution in [-0.4, -0.2) is 71.9 Å². The zero-order valence-electron chi connectivity index (χ0n) is 16.0. The first-order valence-corrected chi connectivity index (χ1v) is 10.7. The quantitative estimate of drug-likeness (QED) is 0.724. The van der Waals surface area contributed by atoms with Gasteiger partial charge >= 0.3 is 12.2 Å². The van der Waals surface area contributed by atoms with E-state index >= 15 is 0 Å². The Morgan fingerprint density at radius 1 is 1.23 bits per heavy atom. The predicted molar refractivity (Wildman–Crippen MR) is 101 cm³/mol. The van der Waals surface area contributed by atoms with Crippen LogP contribution in [0.4, 0.5) is 22.4 Å². The molecular weight excluding hydrogens is 426 g/mol. The van der Waals surface area contributed by atoms with Crippen molar-refractivity contribution in [1.29, 1.82) is 0 Å². The molecule has 3 aliphatic rings. The summed E-state index contributed by atoms with van der Waals surface area (Å²) in [6.07, 6.45) is -3.97. The maximum Gasteiger partial charge on any atom is 0.416 e. The number of nitrogens with zero attached hydrogens (tertiary/aromatic N) is 2. The Balaban J connectivity index is 1.23. The number of ether oxygens (including phenoxy) is 1. The Labute approximate surface area is 174 Å². The standard InChI is InChI=1S/C19H21F4N3O3S/c20-14-5-12(19(21,22)23)2-1-11(14)10-30-13-6-26(7-13)18(28)25-4-3-16-15(8-25)24-17(27)9-29-16/h1-2,5,13,15-16H,3-4,6-10H2,(H,24,27)/t15-,16+/m1/s1. The Morgan fingerprint density at radius 3 is 2.70 bits per heavy atom. The molecule has 1 N–H and O–H groups in total. The lowest BCUT2D eigenvalue weighted by molar-refractivity contribution is -0.140. The minimum Gasteiger partial charge on any atom is -0.366 e. The first-order chi connectivity index (χ1) is 14.2. The van der Waals surface area contributed by atoms with Crippen molar-refractivity contribution in [1.82, 2.24) is 15.1 Å². The molecular formula is C19H21F4N3O3S. The van der Waals surface area contributed by atoms with Crippen LogP contribution in [0.15, 0.2) is 18.2 Å². The maximum absolute atomic E-state index is 13.9. The van der Waals surface area contributed by atoms with Crippen molar-refractivity contribution in [2.45, 2.75) is 35.7 Å². The van der Waals surface area contributed by atoms with E-state index in [9.17, 15) is 27.2 Å². The first-order valence-electron chi connectivity index (χ1n) is 9.63. The number of hydrogen-bond donors (Lipinski definition) is 1. The molecule has 0 bridgehead atoms. The number of carbonyl (C=O) groups is 2. The van der Waals surface area contributed by atoms with E-state index in [4.69, 9.17) is 4.74 Å². The average molecular weight is 447 g/mol. The van der Waals surface area contributed by atoms with E-state index in [1.807, 2.05) is 0 Å². The Kier molecular flexibility index (Phi) is 5.84. The first kappa shape index (κ1) is 21.2. The van der Waals surface area contributed by atoms with Crippen LogP contribution in [-0.2, 0) is 21.5 Å². The number of thioether (sulfide) groups is 1. The van der Waals surface area contributed by atoms with Gasteiger partial charge < -0.3 is 19.9 Å². The summed E-state index contributed by atoms with van der Waals surface area (Å²) < 4.78 is 57.3. The zero-order chi connectivity index (χ0) is 21.5. The predicted octanol–water partition coefficient (Wildman–Crippen LogP) is 2.47. The van der Waals surface area contributed by atoms with Crippen molar-refractivity contribution in [2.24, 2.45) is 0 Å². The zero-order valence-corrected chi connectivity index (χ0v) is 16.8. The lowest BCUT2D eigenvalue weighted by atomic mass is 10.0. The number of piperidine rings is 1. The van der Waals surface area contributed by atoms with Gasteiger partial charge in [0.1, 0.15) is 12.4 Å². The molecule has 3 fully saturated rings. The minimum absolute atomic E-state index is 0.0552. The second-order valence-electron chi connectivity index (χ2n) is 7.68. The summed E-state index contributed by atoms with van der Waals surface area (Å²) in [6.45, 7) is 2.01. The summed E-state index contributed by atoms with van der Waals surface area (Å²) in [5, 5.41) is 2.96. The highest BCUT2D eigenvalue weighted by Crippen LogP contribution is 2.32. The monoisotopic (exact) mass is 447 g/mol. The van der Waals surface area contributed by atoms with E-state index in [0.717, 1.165) is 12.1 Å². The van der Waals surface area contributed by atoms with Gasteiger partial charge in [-0.15, -0.1) is 11.8 Å². The van der Waals surface area contributed by atoms with Gasteiger partial charge in [-0.2, -0.15) is 13.2 Å². The fourth-order valence-corrected chi connectivity index (χ4v) is 5.04. The van der Waals surface area contributed by atoms with Crippen molar-refractivity contribution in [2.75, 3.05) is 32.8 Å². The number of carbonyl (C=O) groups excluding carboxylic acids is 2. The van der Waals surface area contributed by atoms with Crippen LogP contribution in [0, 0.1) is 5.82 Å². The van der Waals surface area contributed by atoms with E-state index in [2.05, 4.69) is 5.32 Å². The number of hydrogen-bond acceptors (Lipinski definition) is 4. The third-order valence-electron chi connectivity index (χ3n) is 5.57. The van der Waals surface area contributed by atoms with Gasteiger partial charge in [0.15, 0.2) is 0 Å². The van der Waals surface area contributed by atoms with Gasteiger partial charge in [0.2, 0.25) is 5.91 Å². The van der Waals surface area contributed by atoms with Crippen LogP contribution in [0.5, 0.6) is 0 Å². The van der Waals surface area contributed by atoms with Crippen LogP contribution in [0.2, 0.25) is 0 Å². The van der Waals surface area contributed by atoms with Crippen molar-refractivity contribution in [3.63, 3.8) is 0 Å². The van der Waals surface area contributed by atoms with Crippen LogP contribution >= 0.6 is 11.8 Å². The van der Waals surface area contributed by atoms with Gasteiger partial charge in [-0.05, 0) is 24.1 Å². The molecule has 30 heavy (non-hydrogen) atoms. The summed E-state index contributed by atoms with van der Waals surface area (Å²) in [7, 11) is 0. The molecule has 0 aliphatic carbocycles. The number of benzene rings is 1. The lowest BCUT2D eigenvalue weighted by Gasteiger charge is -2.46. The van der Waals surface area contributed by atoms with Gasteiger partial charge in [0.25, 0.3) is 0 Å². The van der Waals surface area contributed by atoms with Crippen molar-refractivity contribution < 1.29 is 31.9 Å². The third-order valence-corrected chi connectivity index (χ3v) is 6.82. The molecule has 3 heterocycles. The molecule has 3 aliphatic heterocycles. The smallest absolute Gasteiger partial charge is 0.366 e. The number of halogens is 4. The van der Waals surface area contributed by atoms with Crippen LogP contribution < -0.4 is 5.32 Å². The molecule has 3 saturated heterocycles. The van der Waals surface area contributed by atoms with E-state index in [0.29, 0.717) is 38.7 Å². The van der Waals surface area contributed by atoms with E-state index < -0.39 is 17.6 Å². The van der Waals surface area contributed by atoms with Crippen molar-refractivity contribution >= 4 is 23.7 Å². The second kappa shape index (κ2) is 8.26. The number of amides is 3. The Bertz CT molecular complexity index is 832. The maximum atomic E-state index is 13.9. The molecule has 6 nitrogen and oxygen atoms in total. The third kappa shape index (κ3) is 4.51. The Morgan fingerprint density at radius 2 is 2.00 bits per heavy atom. The highest BCUT2D eigenvalue weighted by Gasteiger charge is 2.40. The molecule has 0 aromatic heterocycles. The molecule has 3 amide bonds. The lowest BCUT2D eigenvalue weighted by Crippen LogP contribution is -2.64. The molecule has 0 saturated carbocycles. The summed E-state index contributed by atoms with van der Waals surface area (Å²) in [5.74, 6) is -0.807. The average Bonchev–Trinajstić information content (AvgIpc) is 2.66. The molecule has 11 heteroatoms. The molecule has 0 spiro atoms. The SMILES string of the molecule is O=C1CO[C@H]2CCN(C(=O)N3CC(SCc4ccc(C(F)(F)F)cc4F)C3)C[C@H]2N1. The number of rotatable bonds is 3. The summed E-state index contributed by atoms with van der Waals surface area (Å²) >= 11 is 1.42. The molecule has 4 rings (SSSR count). The van der Waals surface area contributed by atoms with Gasteiger partial charge in [0.05, 0.1) is 17.7 Å². The van der Waals surface area contributed by atoms with E-state index in [1.165, 1.54) is 11.8 Å². The largest absolute Gasteiger partial charge is 0.416 e. The van der Waals surface area contributed by atoms with Crippen LogP contribution in [0.25, 0.3) is 0 Å². The number of alkyl halides is 3. The topological polar surface area (TPSA) is 61.9 Å². The number of likely N-dealkylation sites (tertiary alicyclic amines) is 2. The van der Waals surface area contributed by atoms with Crippen molar-refractivity contribution in [3.8, 4) is 0 Å². The Hall–Kier alpha value is -2.01. The number of urea groups is 1. The van der Waals surface area contributed by atoms with Crippen LogP contribution in [0.3, 0.4) is 0 Å². The molecule has 1 aromatic carbocycles. The highest BCUT2D eigenvalue weighted by atomic mass is 32.2.